The Morgan fingerprint density at radius 3 is 1.29 bits per heavy atom. The predicted octanol–water partition coefficient (Wildman–Crippen LogP) is 15.5. The number of likely N-dealkylation sites (N-methyl/N-ethyl adjacent to an activating group) is 1. The van der Waals surface area contributed by atoms with Crippen LogP contribution in [0.4, 0.5) is 0 Å². The molecule has 2 unspecified atom stereocenters. The standard InChI is InChI=1S/C56H100NO8P/c1-6-8-10-12-14-16-17-18-19-20-21-22-23-24-25-26-27-28-29-30-31-32-33-34-35-36-37-38-39-41-43-45-47-49-56(59)65-54(53-64-66(60,61)63-51-50-57(3,4)5)52-62-55(58)48-46-44-42-40-15-13-11-9-7-2/h8,10,14,16,18-19,21-22,24-25,27-28,54H,6-7,9,11-13,15,17,20,23,26,29-53H2,1-5H3/b10-8-,16-14-,19-18-,22-21-,25-24-,28-27-. The fourth-order valence-electron chi connectivity index (χ4n) is 7.13. The summed E-state index contributed by atoms with van der Waals surface area (Å²) in [5.74, 6) is -0.835. The Hall–Kier alpha value is -2.55. The zero-order valence-corrected chi connectivity index (χ0v) is 44.0. The summed E-state index contributed by atoms with van der Waals surface area (Å²) in [5, 5.41) is 0. The fraction of sp³-hybridized carbons (Fsp3) is 0.750. The van der Waals surface area contributed by atoms with E-state index in [9.17, 15) is 19.0 Å². The normalized spacial score (nSPS) is 14.0. The number of hydrogen-bond donors (Lipinski definition) is 0. The summed E-state index contributed by atoms with van der Waals surface area (Å²) >= 11 is 0. The van der Waals surface area contributed by atoms with Crippen molar-refractivity contribution in [3.8, 4) is 0 Å². The molecule has 0 bridgehead atoms. The SMILES string of the molecule is CC/C=C\C/C=C\C/C=C\C/C=C\C/C=C\C/C=C\CCCCCCCCCCCCCCCCC(=O)OC(COC(=O)CCCCCCCCCCC)COP(=O)([O-])OCC[N+](C)(C)C. The van der Waals surface area contributed by atoms with Gasteiger partial charge < -0.3 is 27.9 Å². The molecule has 382 valence electrons. The van der Waals surface area contributed by atoms with Crippen LogP contribution in [0.5, 0.6) is 0 Å². The van der Waals surface area contributed by atoms with E-state index in [1.807, 2.05) is 21.1 Å². The van der Waals surface area contributed by atoms with E-state index in [1.54, 1.807) is 0 Å². The molecule has 0 spiro atoms. The van der Waals surface area contributed by atoms with Crippen LogP contribution in [0.25, 0.3) is 0 Å². The highest BCUT2D eigenvalue weighted by molar-refractivity contribution is 7.45. The zero-order valence-electron chi connectivity index (χ0n) is 43.1. The Labute approximate surface area is 406 Å². The van der Waals surface area contributed by atoms with Crippen LogP contribution in [-0.2, 0) is 32.7 Å². The van der Waals surface area contributed by atoms with Crippen molar-refractivity contribution < 1.29 is 42.1 Å². The van der Waals surface area contributed by atoms with Crippen LogP contribution in [0.3, 0.4) is 0 Å². The summed E-state index contributed by atoms with van der Waals surface area (Å²) in [7, 11) is 1.16. The van der Waals surface area contributed by atoms with Crippen LogP contribution >= 0.6 is 7.82 Å². The van der Waals surface area contributed by atoms with Crippen LogP contribution in [0.2, 0.25) is 0 Å². The molecule has 0 aliphatic carbocycles. The van der Waals surface area contributed by atoms with Gasteiger partial charge >= 0.3 is 11.9 Å². The monoisotopic (exact) mass is 946 g/mol. The number of unbranched alkanes of at least 4 members (excludes halogenated alkanes) is 22. The summed E-state index contributed by atoms with van der Waals surface area (Å²) in [4.78, 5) is 37.6. The number of rotatable bonds is 48. The largest absolute Gasteiger partial charge is 0.756 e. The van der Waals surface area contributed by atoms with Gasteiger partial charge in [-0.2, -0.15) is 0 Å². The number of phosphoric acid groups is 1. The number of allylic oxidation sites excluding steroid dienone is 12. The number of phosphoric ester groups is 1. The molecule has 0 aromatic rings. The van der Waals surface area contributed by atoms with Gasteiger partial charge in [0.1, 0.15) is 19.8 Å². The highest BCUT2D eigenvalue weighted by Gasteiger charge is 2.21. The average Bonchev–Trinajstić information content (AvgIpc) is 3.27. The minimum Gasteiger partial charge on any atom is -0.756 e. The van der Waals surface area contributed by atoms with Gasteiger partial charge in [-0.25, -0.2) is 0 Å². The smallest absolute Gasteiger partial charge is 0.306 e. The quantitative estimate of drug-likeness (QED) is 0.0195. The third-order valence-electron chi connectivity index (χ3n) is 11.2. The maximum atomic E-state index is 12.7. The van der Waals surface area contributed by atoms with Crippen molar-refractivity contribution >= 4 is 19.8 Å². The minimum absolute atomic E-state index is 0.0316. The summed E-state index contributed by atoms with van der Waals surface area (Å²) in [6, 6.07) is 0. The molecule has 66 heavy (non-hydrogen) atoms. The van der Waals surface area contributed by atoms with Crippen molar-refractivity contribution in [2.24, 2.45) is 0 Å². The van der Waals surface area contributed by atoms with Crippen LogP contribution < -0.4 is 4.89 Å². The number of esters is 2. The Morgan fingerprint density at radius 2 is 0.864 bits per heavy atom. The Kier molecular flexibility index (Phi) is 45.7. The van der Waals surface area contributed by atoms with Gasteiger partial charge in [-0.05, 0) is 64.2 Å². The van der Waals surface area contributed by atoms with Gasteiger partial charge in [0.05, 0.1) is 27.7 Å². The van der Waals surface area contributed by atoms with Crippen molar-refractivity contribution in [2.45, 2.75) is 225 Å². The summed E-state index contributed by atoms with van der Waals surface area (Å²) in [6.45, 7) is 4.10. The second kappa shape index (κ2) is 47.5. The van der Waals surface area contributed by atoms with E-state index < -0.39 is 26.5 Å². The van der Waals surface area contributed by atoms with Crippen molar-refractivity contribution in [3.63, 3.8) is 0 Å². The van der Waals surface area contributed by atoms with E-state index in [1.165, 1.54) is 109 Å². The first-order valence-corrected chi connectivity index (χ1v) is 28.1. The number of carbonyl (C=O) groups is 2. The van der Waals surface area contributed by atoms with Gasteiger partial charge in [0.15, 0.2) is 6.10 Å². The first kappa shape index (κ1) is 63.5. The molecule has 0 saturated heterocycles. The number of nitrogens with zero attached hydrogens (tertiary/aromatic N) is 1. The second-order valence-corrected chi connectivity index (χ2v) is 20.3. The van der Waals surface area contributed by atoms with E-state index in [0.717, 1.165) is 77.0 Å². The third kappa shape index (κ3) is 50.9. The maximum Gasteiger partial charge on any atom is 0.306 e. The van der Waals surface area contributed by atoms with Crippen LogP contribution in [0.15, 0.2) is 72.9 Å². The molecule has 0 rings (SSSR count). The van der Waals surface area contributed by atoms with Gasteiger partial charge in [0.25, 0.3) is 7.82 Å². The topological polar surface area (TPSA) is 111 Å². The molecule has 0 saturated carbocycles. The van der Waals surface area contributed by atoms with Gasteiger partial charge in [-0.1, -0.05) is 215 Å². The molecule has 0 fully saturated rings. The highest BCUT2D eigenvalue weighted by atomic mass is 31.2. The molecular formula is C56H100NO8P. The maximum absolute atomic E-state index is 12.7. The van der Waals surface area contributed by atoms with Crippen LogP contribution in [0, 0.1) is 0 Å². The molecule has 2 atom stereocenters. The lowest BCUT2D eigenvalue weighted by molar-refractivity contribution is -0.870. The third-order valence-corrected chi connectivity index (χ3v) is 12.2. The van der Waals surface area contributed by atoms with E-state index >= 15 is 0 Å². The molecule has 0 heterocycles. The van der Waals surface area contributed by atoms with E-state index in [2.05, 4.69) is 86.8 Å². The lowest BCUT2D eigenvalue weighted by Crippen LogP contribution is -2.37. The van der Waals surface area contributed by atoms with Crippen molar-refractivity contribution in [3.05, 3.63) is 72.9 Å². The molecule has 0 N–H and O–H groups in total. The Morgan fingerprint density at radius 1 is 0.485 bits per heavy atom. The lowest BCUT2D eigenvalue weighted by Gasteiger charge is -2.28. The Bertz CT molecular complexity index is 1350. The summed E-state index contributed by atoms with van der Waals surface area (Å²) in [6.07, 6.45) is 61.0. The second-order valence-electron chi connectivity index (χ2n) is 18.9. The van der Waals surface area contributed by atoms with Gasteiger partial charge in [-0.3, -0.25) is 14.2 Å². The molecular weight excluding hydrogens is 846 g/mol. The summed E-state index contributed by atoms with van der Waals surface area (Å²) in [5.41, 5.74) is 0. The molecule has 9 nitrogen and oxygen atoms in total. The van der Waals surface area contributed by atoms with Gasteiger partial charge in [0, 0.05) is 12.8 Å². The summed E-state index contributed by atoms with van der Waals surface area (Å²) < 4.78 is 33.9. The molecule has 0 aromatic carbocycles. The first-order chi connectivity index (χ1) is 32.0. The number of carbonyl (C=O) groups excluding carboxylic acids is 2. The van der Waals surface area contributed by atoms with Gasteiger partial charge in [0.2, 0.25) is 0 Å². The van der Waals surface area contributed by atoms with Crippen LogP contribution in [-0.4, -0.2) is 70.0 Å². The fourth-order valence-corrected chi connectivity index (χ4v) is 7.86. The van der Waals surface area contributed by atoms with Crippen LogP contribution in [0.1, 0.15) is 219 Å². The lowest BCUT2D eigenvalue weighted by atomic mass is 10.0. The Balaban J connectivity index is 4.02. The number of quaternary nitrogens is 1. The highest BCUT2D eigenvalue weighted by Crippen LogP contribution is 2.38. The molecule has 0 amide bonds. The van der Waals surface area contributed by atoms with Gasteiger partial charge in [-0.15, -0.1) is 0 Å². The molecule has 0 radical (unpaired) electrons. The molecule has 0 aliphatic heterocycles. The molecule has 0 aliphatic rings. The van der Waals surface area contributed by atoms with Crippen molar-refractivity contribution in [1.82, 2.24) is 0 Å². The average molecular weight is 946 g/mol. The predicted molar refractivity (Wildman–Crippen MR) is 277 cm³/mol. The van der Waals surface area contributed by atoms with E-state index in [0.29, 0.717) is 17.4 Å². The van der Waals surface area contributed by atoms with E-state index in [-0.39, 0.29) is 32.0 Å². The first-order valence-electron chi connectivity index (χ1n) is 26.6. The van der Waals surface area contributed by atoms with Crippen molar-refractivity contribution in [1.29, 1.82) is 0 Å². The zero-order chi connectivity index (χ0) is 48.5. The minimum atomic E-state index is -4.63. The number of hydrogen-bond acceptors (Lipinski definition) is 8. The van der Waals surface area contributed by atoms with E-state index in [4.69, 9.17) is 18.5 Å². The number of ether oxygens (including phenoxy) is 2. The molecule has 10 heteroatoms. The molecule has 0 aromatic heterocycles. The van der Waals surface area contributed by atoms with Crippen molar-refractivity contribution in [2.75, 3.05) is 47.5 Å².